The van der Waals surface area contributed by atoms with Gasteiger partial charge in [0.05, 0.1) is 0 Å². The van der Waals surface area contributed by atoms with Crippen LogP contribution in [0.5, 0.6) is 0 Å². The van der Waals surface area contributed by atoms with Crippen LogP contribution >= 0.6 is 11.3 Å². The predicted molar refractivity (Wildman–Crippen MR) is 76.2 cm³/mol. The van der Waals surface area contributed by atoms with Crippen LogP contribution in [0.1, 0.15) is 43.6 Å². The van der Waals surface area contributed by atoms with Crippen molar-refractivity contribution in [2.24, 2.45) is 0 Å². The third-order valence-electron chi connectivity index (χ3n) is 2.51. The molecular formula is C13H25N3OS. The lowest BCUT2D eigenvalue weighted by atomic mass is 10.3. The number of nitrogens with zero attached hydrogens (tertiary/aromatic N) is 2. The lowest BCUT2D eigenvalue weighted by Gasteiger charge is -2.05. The molecule has 18 heavy (non-hydrogen) atoms. The molecule has 0 aromatic carbocycles. The third kappa shape index (κ3) is 7.03. The van der Waals surface area contributed by atoms with Crippen molar-refractivity contribution in [1.82, 2.24) is 15.5 Å². The van der Waals surface area contributed by atoms with Gasteiger partial charge in [-0.25, -0.2) is 0 Å². The van der Waals surface area contributed by atoms with Crippen LogP contribution in [0.15, 0.2) is 0 Å². The number of aryl methyl sites for hydroxylation is 2. The molecule has 4 nitrogen and oxygen atoms in total. The minimum Gasteiger partial charge on any atom is -0.382 e. The summed E-state index contributed by atoms with van der Waals surface area (Å²) < 4.78 is 5.31. The molecule has 0 fully saturated rings. The number of aromatic nitrogens is 2. The van der Waals surface area contributed by atoms with Crippen molar-refractivity contribution >= 4 is 11.3 Å². The Labute approximate surface area is 114 Å². The fourth-order valence-electron chi connectivity index (χ4n) is 1.59. The number of rotatable bonds is 10. The summed E-state index contributed by atoms with van der Waals surface area (Å²) in [5.74, 6) is 0. The standard InChI is InChI=1S/C13H25N3OS/c1-4-17-10-6-8-13-16-15-12(18-13)7-5-9-14-11(2)3/h11,14H,4-10H2,1-3H3. The van der Waals surface area contributed by atoms with Crippen LogP contribution < -0.4 is 5.32 Å². The highest BCUT2D eigenvalue weighted by atomic mass is 32.1. The maximum Gasteiger partial charge on any atom is 0.117 e. The maximum atomic E-state index is 5.31. The van der Waals surface area contributed by atoms with Crippen LogP contribution in [-0.2, 0) is 17.6 Å². The first-order chi connectivity index (χ1) is 8.72. The Balaban J connectivity index is 2.13. The molecule has 1 N–H and O–H groups in total. The van der Waals surface area contributed by atoms with Crippen molar-refractivity contribution in [3.63, 3.8) is 0 Å². The van der Waals surface area contributed by atoms with E-state index in [1.54, 1.807) is 11.3 Å². The van der Waals surface area contributed by atoms with Gasteiger partial charge in [-0.2, -0.15) is 0 Å². The summed E-state index contributed by atoms with van der Waals surface area (Å²) in [6.07, 6.45) is 4.19. The second-order valence-electron chi connectivity index (χ2n) is 4.60. The first-order valence-electron chi connectivity index (χ1n) is 6.84. The Morgan fingerprint density at radius 2 is 1.83 bits per heavy atom. The molecule has 0 atom stereocenters. The molecule has 0 aliphatic heterocycles. The average Bonchev–Trinajstić information content (AvgIpc) is 2.78. The minimum absolute atomic E-state index is 0.563. The second-order valence-corrected chi connectivity index (χ2v) is 5.75. The van der Waals surface area contributed by atoms with Gasteiger partial charge in [-0.1, -0.05) is 13.8 Å². The molecule has 104 valence electrons. The smallest absolute Gasteiger partial charge is 0.117 e. The van der Waals surface area contributed by atoms with E-state index in [2.05, 4.69) is 29.4 Å². The van der Waals surface area contributed by atoms with E-state index in [1.807, 2.05) is 6.92 Å². The zero-order valence-electron chi connectivity index (χ0n) is 11.7. The van der Waals surface area contributed by atoms with Gasteiger partial charge in [0.25, 0.3) is 0 Å². The monoisotopic (exact) mass is 271 g/mol. The first kappa shape index (κ1) is 15.5. The zero-order valence-corrected chi connectivity index (χ0v) is 12.6. The highest BCUT2D eigenvalue weighted by Gasteiger charge is 2.04. The summed E-state index contributed by atoms with van der Waals surface area (Å²) >= 11 is 1.74. The molecule has 0 aliphatic rings. The highest BCUT2D eigenvalue weighted by Crippen LogP contribution is 2.13. The van der Waals surface area contributed by atoms with E-state index >= 15 is 0 Å². The Morgan fingerprint density at radius 1 is 1.17 bits per heavy atom. The molecule has 0 amide bonds. The Kier molecular flexibility index (Phi) is 8.13. The molecule has 0 unspecified atom stereocenters. The van der Waals surface area contributed by atoms with Gasteiger partial charge in [0.1, 0.15) is 10.0 Å². The van der Waals surface area contributed by atoms with Gasteiger partial charge in [0.2, 0.25) is 0 Å². The fraction of sp³-hybridized carbons (Fsp3) is 0.846. The van der Waals surface area contributed by atoms with Crippen molar-refractivity contribution < 1.29 is 4.74 Å². The van der Waals surface area contributed by atoms with Gasteiger partial charge < -0.3 is 10.1 Å². The van der Waals surface area contributed by atoms with Gasteiger partial charge in [-0.05, 0) is 26.3 Å². The molecule has 0 saturated carbocycles. The minimum atomic E-state index is 0.563. The van der Waals surface area contributed by atoms with Crippen LogP contribution in [0.3, 0.4) is 0 Å². The summed E-state index contributed by atoms with van der Waals surface area (Å²) in [7, 11) is 0. The van der Waals surface area contributed by atoms with E-state index in [4.69, 9.17) is 4.74 Å². The molecule has 0 spiro atoms. The van der Waals surface area contributed by atoms with Gasteiger partial charge in [-0.3, -0.25) is 0 Å². The molecule has 1 rings (SSSR count). The normalized spacial score (nSPS) is 11.3. The molecule has 1 aromatic heterocycles. The largest absolute Gasteiger partial charge is 0.382 e. The quantitative estimate of drug-likeness (QED) is 0.664. The van der Waals surface area contributed by atoms with E-state index in [-0.39, 0.29) is 0 Å². The van der Waals surface area contributed by atoms with E-state index < -0.39 is 0 Å². The fourth-order valence-corrected chi connectivity index (χ4v) is 2.52. The van der Waals surface area contributed by atoms with E-state index in [1.165, 1.54) is 0 Å². The molecule has 0 bridgehead atoms. The number of hydrogen-bond acceptors (Lipinski definition) is 5. The first-order valence-corrected chi connectivity index (χ1v) is 7.66. The number of ether oxygens (including phenoxy) is 1. The van der Waals surface area contributed by atoms with Crippen molar-refractivity contribution in [2.45, 2.75) is 52.5 Å². The van der Waals surface area contributed by atoms with E-state index in [0.717, 1.165) is 55.5 Å². The van der Waals surface area contributed by atoms with E-state index in [9.17, 15) is 0 Å². The average molecular weight is 271 g/mol. The SMILES string of the molecule is CCOCCCc1nnc(CCCNC(C)C)s1. The second kappa shape index (κ2) is 9.42. The van der Waals surface area contributed by atoms with Gasteiger partial charge in [-0.15, -0.1) is 21.5 Å². The molecule has 1 heterocycles. The molecule has 1 aromatic rings. The van der Waals surface area contributed by atoms with Crippen LogP contribution in [0.2, 0.25) is 0 Å². The van der Waals surface area contributed by atoms with Gasteiger partial charge in [0.15, 0.2) is 0 Å². The topological polar surface area (TPSA) is 47.0 Å². The summed E-state index contributed by atoms with van der Waals surface area (Å²) in [4.78, 5) is 0. The lowest BCUT2D eigenvalue weighted by molar-refractivity contribution is 0.145. The van der Waals surface area contributed by atoms with Crippen molar-refractivity contribution in [2.75, 3.05) is 19.8 Å². The highest BCUT2D eigenvalue weighted by molar-refractivity contribution is 7.11. The van der Waals surface area contributed by atoms with Crippen molar-refractivity contribution in [3.05, 3.63) is 10.0 Å². The predicted octanol–water partition coefficient (Wildman–Crippen LogP) is 2.44. The molecule has 0 aliphatic carbocycles. The summed E-state index contributed by atoms with van der Waals surface area (Å²) in [6.45, 7) is 9.03. The van der Waals surface area contributed by atoms with Crippen molar-refractivity contribution in [3.8, 4) is 0 Å². The third-order valence-corrected chi connectivity index (χ3v) is 3.55. The number of nitrogens with one attached hydrogen (secondary N) is 1. The zero-order chi connectivity index (χ0) is 13.2. The van der Waals surface area contributed by atoms with Crippen LogP contribution in [0.4, 0.5) is 0 Å². The Hall–Kier alpha value is -0.520. The molecule has 5 heteroatoms. The Bertz CT molecular complexity index is 315. The van der Waals surface area contributed by atoms with Gasteiger partial charge >= 0.3 is 0 Å². The van der Waals surface area contributed by atoms with Crippen LogP contribution in [0.25, 0.3) is 0 Å². The molecule has 0 saturated heterocycles. The summed E-state index contributed by atoms with van der Waals surface area (Å²) in [5.41, 5.74) is 0. The summed E-state index contributed by atoms with van der Waals surface area (Å²) in [5, 5.41) is 14.2. The molecule has 0 radical (unpaired) electrons. The summed E-state index contributed by atoms with van der Waals surface area (Å²) in [6, 6.07) is 0.563. The van der Waals surface area contributed by atoms with Crippen LogP contribution in [-0.4, -0.2) is 36.0 Å². The maximum absolute atomic E-state index is 5.31. The van der Waals surface area contributed by atoms with E-state index in [0.29, 0.717) is 6.04 Å². The Morgan fingerprint density at radius 3 is 2.44 bits per heavy atom. The van der Waals surface area contributed by atoms with Crippen LogP contribution in [0, 0.1) is 0 Å². The van der Waals surface area contributed by atoms with Gasteiger partial charge in [0, 0.05) is 32.1 Å². The van der Waals surface area contributed by atoms with Crippen molar-refractivity contribution in [1.29, 1.82) is 0 Å². The lowest BCUT2D eigenvalue weighted by Crippen LogP contribution is -2.23. The molecular weight excluding hydrogens is 246 g/mol. The number of hydrogen-bond donors (Lipinski definition) is 1.